The molecule has 23 heavy (non-hydrogen) atoms. The molecular weight excluding hydrogens is 286 g/mol. The molecule has 1 atom stereocenters. The average Bonchev–Trinajstić information content (AvgIpc) is 2.59. The molecule has 3 heteroatoms. The van der Waals surface area contributed by atoms with E-state index in [1.165, 1.54) is 0 Å². The van der Waals surface area contributed by atoms with Crippen molar-refractivity contribution in [2.75, 3.05) is 13.1 Å². The maximum absolute atomic E-state index is 12.9. The number of benzene rings is 2. The largest absolute Gasteiger partial charge is 0.388 e. The minimum Gasteiger partial charge on any atom is -0.388 e. The van der Waals surface area contributed by atoms with Crippen LogP contribution in [0.25, 0.3) is 10.8 Å². The van der Waals surface area contributed by atoms with Crippen molar-refractivity contribution in [3.8, 4) is 0 Å². The Morgan fingerprint density at radius 2 is 1.74 bits per heavy atom. The van der Waals surface area contributed by atoms with Gasteiger partial charge in [-0.15, -0.1) is 0 Å². The van der Waals surface area contributed by atoms with Crippen LogP contribution in [0.1, 0.15) is 62.1 Å². The molecule has 0 heterocycles. The molecule has 0 saturated carbocycles. The lowest BCUT2D eigenvalue weighted by atomic mass is 9.93. The van der Waals surface area contributed by atoms with Gasteiger partial charge in [-0.1, -0.05) is 50.1 Å². The van der Waals surface area contributed by atoms with E-state index in [9.17, 15) is 9.90 Å². The lowest BCUT2D eigenvalue weighted by Crippen LogP contribution is -2.30. The molecule has 3 nitrogen and oxygen atoms in total. The Morgan fingerprint density at radius 1 is 1.09 bits per heavy atom. The number of hydrogen-bond donors (Lipinski definition) is 1. The zero-order valence-electron chi connectivity index (χ0n) is 14.4. The first-order chi connectivity index (χ1) is 11.1. The summed E-state index contributed by atoms with van der Waals surface area (Å²) < 4.78 is 0. The summed E-state index contributed by atoms with van der Waals surface area (Å²) in [7, 11) is 0. The molecule has 0 fully saturated rings. The highest BCUT2D eigenvalue weighted by molar-refractivity contribution is 6.08. The van der Waals surface area contributed by atoms with Gasteiger partial charge in [0.2, 0.25) is 0 Å². The number of aliphatic hydroxyl groups excluding tert-OH is 1. The van der Waals surface area contributed by atoms with Gasteiger partial charge in [-0.2, -0.15) is 0 Å². The first-order valence-electron chi connectivity index (χ1n) is 8.62. The number of nitrogens with zero attached hydrogens (tertiary/aromatic N) is 1. The van der Waals surface area contributed by atoms with Crippen LogP contribution in [0.4, 0.5) is 0 Å². The first-order valence-corrected chi connectivity index (χ1v) is 8.62. The number of carbonyl (C=O) groups is 1. The predicted molar refractivity (Wildman–Crippen MR) is 95.7 cm³/mol. The SMILES string of the molecule is CCCCC(O)c1cccc2cccc(C(=O)N(CC)CC)c12. The molecule has 1 amide bonds. The lowest BCUT2D eigenvalue weighted by molar-refractivity contribution is 0.0775. The second-order valence-electron chi connectivity index (χ2n) is 5.89. The van der Waals surface area contributed by atoms with Gasteiger partial charge in [0.1, 0.15) is 0 Å². The Morgan fingerprint density at radius 3 is 2.35 bits per heavy atom. The second-order valence-corrected chi connectivity index (χ2v) is 5.89. The lowest BCUT2D eigenvalue weighted by Gasteiger charge is -2.21. The Bertz CT molecular complexity index is 656. The van der Waals surface area contributed by atoms with Crippen LogP contribution in [-0.4, -0.2) is 29.0 Å². The van der Waals surface area contributed by atoms with E-state index in [0.717, 1.165) is 35.6 Å². The maximum Gasteiger partial charge on any atom is 0.254 e. The van der Waals surface area contributed by atoms with Crippen LogP contribution < -0.4 is 0 Å². The fraction of sp³-hybridized carbons (Fsp3) is 0.450. The number of rotatable bonds is 7. The second kappa shape index (κ2) is 8.11. The van der Waals surface area contributed by atoms with Gasteiger partial charge in [-0.05, 0) is 37.3 Å². The van der Waals surface area contributed by atoms with Crippen molar-refractivity contribution in [2.24, 2.45) is 0 Å². The molecule has 0 spiro atoms. The predicted octanol–water partition coefficient (Wildman–Crippen LogP) is 4.55. The monoisotopic (exact) mass is 313 g/mol. The topological polar surface area (TPSA) is 40.5 Å². The summed E-state index contributed by atoms with van der Waals surface area (Å²) in [6.45, 7) is 7.47. The summed E-state index contributed by atoms with van der Waals surface area (Å²) in [6.07, 6.45) is 2.23. The molecule has 124 valence electrons. The van der Waals surface area contributed by atoms with E-state index in [2.05, 4.69) is 6.92 Å². The molecule has 0 aliphatic rings. The van der Waals surface area contributed by atoms with Crippen LogP contribution in [0.5, 0.6) is 0 Å². The van der Waals surface area contributed by atoms with Gasteiger partial charge < -0.3 is 10.0 Å². The molecule has 2 aromatic rings. The minimum absolute atomic E-state index is 0.0377. The standard InChI is InChI=1S/C20H27NO2/c1-4-7-14-18(22)16-12-8-10-15-11-9-13-17(19(15)16)20(23)21(5-2)6-3/h8-13,18,22H,4-7,14H2,1-3H3. The van der Waals surface area contributed by atoms with Crippen molar-refractivity contribution in [1.29, 1.82) is 0 Å². The van der Waals surface area contributed by atoms with E-state index >= 15 is 0 Å². The van der Waals surface area contributed by atoms with Crippen molar-refractivity contribution in [1.82, 2.24) is 4.90 Å². The number of aliphatic hydroxyl groups is 1. The smallest absolute Gasteiger partial charge is 0.254 e. The van der Waals surface area contributed by atoms with Gasteiger partial charge in [0.05, 0.1) is 6.10 Å². The maximum atomic E-state index is 12.9. The summed E-state index contributed by atoms with van der Waals surface area (Å²) in [5.74, 6) is 0.0377. The third kappa shape index (κ3) is 3.73. The van der Waals surface area contributed by atoms with E-state index < -0.39 is 6.10 Å². The third-order valence-electron chi connectivity index (χ3n) is 4.41. The highest BCUT2D eigenvalue weighted by Crippen LogP contribution is 2.30. The van der Waals surface area contributed by atoms with E-state index in [0.29, 0.717) is 18.7 Å². The van der Waals surface area contributed by atoms with Gasteiger partial charge in [0.15, 0.2) is 0 Å². The molecule has 2 rings (SSSR count). The normalized spacial score (nSPS) is 12.3. The van der Waals surface area contributed by atoms with Crippen LogP contribution in [0, 0.1) is 0 Å². The van der Waals surface area contributed by atoms with E-state index in [1.54, 1.807) is 0 Å². The van der Waals surface area contributed by atoms with Crippen LogP contribution in [0.15, 0.2) is 36.4 Å². The number of unbranched alkanes of at least 4 members (excludes halogenated alkanes) is 1. The van der Waals surface area contributed by atoms with Crippen LogP contribution in [-0.2, 0) is 0 Å². The van der Waals surface area contributed by atoms with Gasteiger partial charge in [-0.25, -0.2) is 0 Å². The van der Waals surface area contributed by atoms with Crippen LogP contribution >= 0.6 is 0 Å². The van der Waals surface area contributed by atoms with Crippen molar-refractivity contribution in [3.05, 3.63) is 47.5 Å². The van der Waals surface area contributed by atoms with Gasteiger partial charge in [0.25, 0.3) is 5.91 Å². The third-order valence-corrected chi connectivity index (χ3v) is 4.41. The zero-order chi connectivity index (χ0) is 16.8. The van der Waals surface area contributed by atoms with Crippen molar-refractivity contribution < 1.29 is 9.90 Å². The van der Waals surface area contributed by atoms with E-state index in [4.69, 9.17) is 0 Å². The van der Waals surface area contributed by atoms with Crippen LogP contribution in [0.3, 0.4) is 0 Å². The Kier molecular flexibility index (Phi) is 6.17. The summed E-state index contributed by atoms with van der Waals surface area (Å²) >= 11 is 0. The molecule has 0 aliphatic carbocycles. The summed E-state index contributed by atoms with van der Waals surface area (Å²) in [5.41, 5.74) is 1.56. The molecular formula is C20H27NO2. The fourth-order valence-corrected chi connectivity index (χ4v) is 3.06. The Hall–Kier alpha value is -1.87. The first kappa shape index (κ1) is 17.5. The highest BCUT2D eigenvalue weighted by Gasteiger charge is 2.19. The Balaban J connectivity index is 2.55. The van der Waals surface area contributed by atoms with Crippen LogP contribution in [0.2, 0.25) is 0 Å². The fourth-order valence-electron chi connectivity index (χ4n) is 3.06. The minimum atomic E-state index is -0.524. The number of fused-ring (bicyclic) bond motifs is 1. The molecule has 0 radical (unpaired) electrons. The molecule has 1 N–H and O–H groups in total. The van der Waals surface area contributed by atoms with Crippen molar-refractivity contribution in [2.45, 2.75) is 46.1 Å². The molecule has 1 unspecified atom stereocenters. The Labute approximate surface area is 138 Å². The molecule has 0 aromatic heterocycles. The van der Waals surface area contributed by atoms with Gasteiger partial charge in [0, 0.05) is 24.0 Å². The van der Waals surface area contributed by atoms with Crippen molar-refractivity contribution >= 4 is 16.7 Å². The molecule has 0 saturated heterocycles. The summed E-state index contributed by atoms with van der Waals surface area (Å²) in [5, 5.41) is 12.5. The number of amides is 1. The summed E-state index contributed by atoms with van der Waals surface area (Å²) in [6, 6.07) is 11.7. The van der Waals surface area contributed by atoms with E-state index in [-0.39, 0.29) is 5.91 Å². The summed E-state index contributed by atoms with van der Waals surface area (Å²) in [4.78, 5) is 14.7. The highest BCUT2D eigenvalue weighted by atomic mass is 16.3. The zero-order valence-corrected chi connectivity index (χ0v) is 14.4. The van der Waals surface area contributed by atoms with E-state index in [1.807, 2.05) is 55.1 Å². The number of hydrogen-bond acceptors (Lipinski definition) is 2. The van der Waals surface area contributed by atoms with Crippen molar-refractivity contribution in [3.63, 3.8) is 0 Å². The number of carbonyl (C=O) groups excluding carboxylic acids is 1. The molecule has 0 aliphatic heterocycles. The average molecular weight is 313 g/mol. The molecule has 0 bridgehead atoms. The quantitative estimate of drug-likeness (QED) is 0.815. The molecule has 2 aromatic carbocycles. The van der Waals surface area contributed by atoms with Gasteiger partial charge in [-0.3, -0.25) is 4.79 Å². The van der Waals surface area contributed by atoms with Gasteiger partial charge >= 0.3 is 0 Å².